The molecule has 0 aliphatic carbocycles. The van der Waals surface area contributed by atoms with E-state index in [1.807, 2.05) is 0 Å². The molecule has 2 heterocycles. The van der Waals surface area contributed by atoms with Crippen LogP contribution < -0.4 is 5.32 Å². The van der Waals surface area contributed by atoms with Gasteiger partial charge in [0.25, 0.3) is 11.6 Å². The minimum Gasteiger partial charge on any atom is -0.305 e. The van der Waals surface area contributed by atoms with Crippen molar-refractivity contribution in [3.8, 4) is 0 Å². The Morgan fingerprint density at radius 2 is 2.20 bits per heavy atom. The summed E-state index contributed by atoms with van der Waals surface area (Å²) in [5.74, 6) is -0.356. The van der Waals surface area contributed by atoms with Gasteiger partial charge in [0.15, 0.2) is 5.82 Å². The van der Waals surface area contributed by atoms with Crippen LogP contribution in [0.4, 0.5) is 11.5 Å². The lowest BCUT2D eigenvalue weighted by Crippen LogP contribution is -2.15. The van der Waals surface area contributed by atoms with E-state index >= 15 is 0 Å². The summed E-state index contributed by atoms with van der Waals surface area (Å²) in [6.45, 7) is 3.56. The van der Waals surface area contributed by atoms with Crippen molar-refractivity contribution < 1.29 is 9.72 Å². The maximum Gasteiger partial charge on any atom is 0.300 e. The molecule has 0 aromatic carbocycles. The maximum absolute atomic E-state index is 12.1. The summed E-state index contributed by atoms with van der Waals surface area (Å²) in [4.78, 5) is 25.9. The number of aromatic amines is 1. The number of pyridine rings is 1. The summed E-state index contributed by atoms with van der Waals surface area (Å²) < 4.78 is 0. The van der Waals surface area contributed by atoms with E-state index in [9.17, 15) is 14.9 Å². The number of carbonyl (C=O) groups is 1. The van der Waals surface area contributed by atoms with Gasteiger partial charge in [0, 0.05) is 11.3 Å². The number of nitro groups is 1. The standard InChI is InChI=1S/C11H10ClN5O3/c1-5-6(2)15-16-10(5)14-11(18)7-3-9(12)13-4-8(7)17(19)20/h3-4H,1-2H3,(H2,14,15,16,18). The first-order chi connectivity index (χ1) is 9.40. The predicted octanol–water partition coefficient (Wildman–Crippen LogP) is 2.24. The van der Waals surface area contributed by atoms with Crippen LogP contribution in [-0.2, 0) is 0 Å². The van der Waals surface area contributed by atoms with E-state index in [0.717, 1.165) is 23.5 Å². The van der Waals surface area contributed by atoms with Crippen LogP contribution in [0.15, 0.2) is 12.3 Å². The lowest BCUT2D eigenvalue weighted by molar-refractivity contribution is -0.385. The second kappa shape index (κ2) is 5.25. The molecule has 2 rings (SSSR count). The van der Waals surface area contributed by atoms with Gasteiger partial charge in [-0.2, -0.15) is 5.10 Å². The van der Waals surface area contributed by atoms with Gasteiger partial charge >= 0.3 is 0 Å². The monoisotopic (exact) mass is 295 g/mol. The third kappa shape index (κ3) is 2.59. The Kier molecular flexibility index (Phi) is 3.66. The fourth-order valence-corrected chi connectivity index (χ4v) is 1.69. The zero-order chi connectivity index (χ0) is 14.9. The van der Waals surface area contributed by atoms with Crippen molar-refractivity contribution in [2.75, 3.05) is 5.32 Å². The third-order valence-corrected chi connectivity index (χ3v) is 2.98. The van der Waals surface area contributed by atoms with E-state index in [-0.39, 0.29) is 10.7 Å². The fourth-order valence-electron chi connectivity index (χ4n) is 1.53. The minimum atomic E-state index is -0.694. The van der Waals surface area contributed by atoms with Crippen LogP contribution in [0.25, 0.3) is 0 Å². The molecule has 1 amide bonds. The Hall–Kier alpha value is -2.48. The molecule has 2 aromatic heterocycles. The lowest BCUT2D eigenvalue weighted by atomic mass is 10.2. The minimum absolute atomic E-state index is 0.00400. The molecule has 2 N–H and O–H groups in total. The zero-order valence-corrected chi connectivity index (χ0v) is 11.4. The van der Waals surface area contributed by atoms with Crippen LogP contribution in [-0.4, -0.2) is 26.0 Å². The molecule has 104 valence electrons. The average Bonchev–Trinajstić information content (AvgIpc) is 2.70. The maximum atomic E-state index is 12.1. The molecule has 0 fully saturated rings. The van der Waals surface area contributed by atoms with Crippen LogP contribution >= 0.6 is 11.6 Å². The fraction of sp³-hybridized carbons (Fsp3) is 0.182. The van der Waals surface area contributed by atoms with E-state index in [1.165, 1.54) is 0 Å². The number of aromatic nitrogens is 3. The van der Waals surface area contributed by atoms with Gasteiger partial charge < -0.3 is 5.32 Å². The molecule has 0 aliphatic rings. The summed E-state index contributed by atoms with van der Waals surface area (Å²) in [6, 6.07) is 1.14. The van der Waals surface area contributed by atoms with E-state index < -0.39 is 16.5 Å². The number of amides is 1. The number of H-pyrrole nitrogens is 1. The summed E-state index contributed by atoms with van der Waals surface area (Å²) >= 11 is 5.67. The van der Waals surface area contributed by atoms with Crippen molar-refractivity contribution in [2.45, 2.75) is 13.8 Å². The quantitative estimate of drug-likeness (QED) is 0.512. The number of hydrogen-bond donors (Lipinski definition) is 2. The Balaban J connectivity index is 2.36. The van der Waals surface area contributed by atoms with Crippen molar-refractivity contribution >= 4 is 29.0 Å². The second-order valence-electron chi connectivity index (χ2n) is 4.06. The van der Waals surface area contributed by atoms with E-state index in [1.54, 1.807) is 13.8 Å². The molecule has 0 spiro atoms. The first-order valence-electron chi connectivity index (χ1n) is 5.53. The van der Waals surface area contributed by atoms with Crippen molar-refractivity contribution in [2.24, 2.45) is 0 Å². The highest BCUT2D eigenvalue weighted by atomic mass is 35.5. The summed E-state index contributed by atoms with van der Waals surface area (Å²) in [7, 11) is 0. The molecule has 0 saturated carbocycles. The van der Waals surface area contributed by atoms with Gasteiger partial charge in [0.1, 0.15) is 16.9 Å². The smallest absolute Gasteiger partial charge is 0.300 e. The molecule has 2 aromatic rings. The van der Waals surface area contributed by atoms with Gasteiger partial charge in [-0.05, 0) is 19.9 Å². The van der Waals surface area contributed by atoms with Gasteiger partial charge in [0.05, 0.1) is 4.92 Å². The predicted molar refractivity (Wildman–Crippen MR) is 71.9 cm³/mol. The number of nitrogens with zero attached hydrogens (tertiary/aromatic N) is 3. The number of rotatable bonds is 3. The van der Waals surface area contributed by atoms with E-state index in [4.69, 9.17) is 11.6 Å². The van der Waals surface area contributed by atoms with Gasteiger partial charge in [-0.15, -0.1) is 0 Å². The number of aryl methyl sites for hydroxylation is 1. The molecule has 0 aliphatic heterocycles. The molecule has 0 radical (unpaired) electrons. The Labute approximate surface area is 118 Å². The van der Waals surface area contributed by atoms with Gasteiger partial charge in [0.2, 0.25) is 0 Å². The lowest BCUT2D eigenvalue weighted by Gasteiger charge is -2.04. The molecule has 0 atom stereocenters. The highest BCUT2D eigenvalue weighted by Gasteiger charge is 2.22. The number of hydrogen-bond acceptors (Lipinski definition) is 5. The van der Waals surface area contributed by atoms with Gasteiger partial charge in [-0.1, -0.05) is 11.6 Å². The molecule has 8 nitrogen and oxygen atoms in total. The molecular weight excluding hydrogens is 286 g/mol. The summed E-state index contributed by atoms with van der Waals surface area (Å²) in [5, 5.41) is 20.0. The van der Waals surface area contributed by atoms with Crippen molar-refractivity contribution in [1.82, 2.24) is 15.2 Å². The molecule has 0 unspecified atom stereocenters. The average molecular weight is 296 g/mol. The normalized spacial score (nSPS) is 10.3. The Bertz CT molecular complexity index is 697. The highest BCUT2D eigenvalue weighted by molar-refractivity contribution is 6.30. The van der Waals surface area contributed by atoms with E-state index in [2.05, 4.69) is 20.5 Å². The Morgan fingerprint density at radius 1 is 1.50 bits per heavy atom. The Morgan fingerprint density at radius 3 is 2.75 bits per heavy atom. The van der Waals surface area contributed by atoms with E-state index in [0.29, 0.717) is 5.82 Å². The third-order valence-electron chi connectivity index (χ3n) is 2.78. The van der Waals surface area contributed by atoms with Crippen molar-refractivity contribution in [1.29, 1.82) is 0 Å². The topological polar surface area (TPSA) is 114 Å². The second-order valence-corrected chi connectivity index (χ2v) is 4.44. The highest BCUT2D eigenvalue weighted by Crippen LogP contribution is 2.22. The summed E-state index contributed by atoms with van der Waals surface area (Å²) in [5.41, 5.74) is 0.954. The van der Waals surface area contributed by atoms with Crippen LogP contribution in [0.2, 0.25) is 5.15 Å². The van der Waals surface area contributed by atoms with Gasteiger partial charge in [-0.25, -0.2) is 4.98 Å². The van der Waals surface area contributed by atoms with Crippen LogP contribution in [0, 0.1) is 24.0 Å². The largest absolute Gasteiger partial charge is 0.305 e. The number of anilines is 1. The van der Waals surface area contributed by atoms with Crippen LogP contribution in [0.1, 0.15) is 21.6 Å². The molecule has 9 heteroatoms. The van der Waals surface area contributed by atoms with Crippen molar-refractivity contribution in [3.63, 3.8) is 0 Å². The molecule has 0 saturated heterocycles. The molecular formula is C11H10ClN5O3. The number of nitrogens with one attached hydrogen (secondary N) is 2. The summed E-state index contributed by atoms with van der Waals surface area (Å²) in [6.07, 6.45) is 0.944. The van der Waals surface area contributed by atoms with Crippen molar-refractivity contribution in [3.05, 3.63) is 44.4 Å². The SMILES string of the molecule is Cc1[nH]nc(NC(=O)c2cc(Cl)ncc2[N+](=O)[O-])c1C. The number of halogens is 1. The first kappa shape index (κ1) is 13.9. The van der Waals surface area contributed by atoms with Gasteiger partial charge in [-0.3, -0.25) is 20.0 Å². The van der Waals surface area contributed by atoms with Crippen LogP contribution in [0.5, 0.6) is 0 Å². The molecule has 0 bridgehead atoms. The molecule has 20 heavy (non-hydrogen) atoms. The first-order valence-corrected chi connectivity index (χ1v) is 5.90. The number of carbonyl (C=O) groups excluding carboxylic acids is 1. The zero-order valence-electron chi connectivity index (χ0n) is 10.6. The van der Waals surface area contributed by atoms with Crippen LogP contribution in [0.3, 0.4) is 0 Å².